The molecule has 1 fully saturated rings. The molecule has 0 saturated carbocycles. The number of aryl methyl sites for hydroxylation is 1. The van der Waals surface area contributed by atoms with Gasteiger partial charge in [-0.15, -0.1) is 0 Å². The van der Waals surface area contributed by atoms with Crippen molar-refractivity contribution in [1.29, 1.82) is 0 Å². The molecule has 0 amide bonds. The van der Waals surface area contributed by atoms with Gasteiger partial charge in [-0.1, -0.05) is 96.2 Å². The average molecular weight is 489 g/mol. The zero-order chi connectivity index (χ0) is 26.7. The third-order valence-electron chi connectivity index (χ3n) is 7.43. The van der Waals surface area contributed by atoms with Crippen molar-refractivity contribution in [3.63, 3.8) is 0 Å². The highest BCUT2D eigenvalue weighted by molar-refractivity contribution is 5.71. The first-order valence-electron chi connectivity index (χ1n) is 14.0. The molecule has 0 spiro atoms. The van der Waals surface area contributed by atoms with Crippen molar-refractivity contribution >= 4 is 11.8 Å². The molecular formula is C34H52N2. The van der Waals surface area contributed by atoms with Crippen LogP contribution in [0.25, 0.3) is 11.8 Å². The third kappa shape index (κ3) is 9.62. The number of allylic oxidation sites excluding steroid dienone is 5. The van der Waals surface area contributed by atoms with E-state index in [4.69, 9.17) is 0 Å². The number of piperidine rings is 1. The van der Waals surface area contributed by atoms with Crippen molar-refractivity contribution in [1.82, 2.24) is 10.6 Å². The third-order valence-corrected chi connectivity index (χ3v) is 7.43. The van der Waals surface area contributed by atoms with E-state index < -0.39 is 0 Å². The van der Waals surface area contributed by atoms with Gasteiger partial charge in [0.1, 0.15) is 0 Å². The number of benzene rings is 1. The zero-order valence-corrected chi connectivity index (χ0v) is 24.3. The molecule has 36 heavy (non-hydrogen) atoms. The van der Waals surface area contributed by atoms with Gasteiger partial charge < -0.3 is 10.6 Å². The number of hydrogen-bond donors (Lipinski definition) is 2. The van der Waals surface area contributed by atoms with Gasteiger partial charge in [0.05, 0.1) is 0 Å². The van der Waals surface area contributed by atoms with Crippen molar-refractivity contribution in [2.75, 3.05) is 13.1 Å². The molecular weight excluding hydrogens is 436 g/mol. The van der Waals surface area contributed by atoms with Crippen LogP contribution in [0.1, 0.15) is 95.4 Å². The van der Waals surface area contributed by atoms with Gasteiger partial charge in [-0.3, -0.25) is 0 Å². The molecule has 1 aromatic carbocycles. The molecule has 0 aliphatic carbocycles. The highest BCUT2D eigenvalue weighted by atomic mass is 14.9. The van der Waals surface area contributed by atoms with E-state index in [-0.39, 0.29) is 5.41 Å². The molecule has 0 aromatic heterocycles. The fraction of sp³-hybridized carbons (Fsp3) is 0.529. The van der Waals surface area contributed by atoms with E-state index in [0.717, 1.165) is 18.3 Å². The van der Waals surface area contributed by atoms with Crippen molar-refractivity contribution in [3.05, 3.63) is 83.0 Å². The summed E-state index contributed by atoms with van der Waals surface area (Å²) in [7, 11) is 0. The molecule has 2 unspecified atom stereocenters. The smallest absolute Gasteiger partial charge is 0.0346 e. The molecule has 0 bridgehead atoms. The first-order valence-corrected chi connectivity index (χ1v) is 14.0. The van der Waals surface area contributed by atoms with Crippen LogP contribution in [0, 0.1) is 25.2 Å². The Morgan fingerprint density at radius 2 is 1.97 bits per heavy atom. The number of nitrogens with one attached hydrogen (secondary N) is 2. The highest BCUT2D eigenvalue weighted by Crippen LogP contribution is 2.27. The predicted molar refractivity (Wildman–Crippen MR) is 162 cm³/mol. The second-order valence-corrected chi connectivity index (χ2v) is 11.8. The molecule has 1 saturated heterocycles. The van der Waals surface area contributed by atoms with E-state index in [1.807, 2.05) is 6.08 Å². The maximum Gasteiger partial charge on any atom is 0.0346 e. The Labute approximate surface area is 222 Å². The molecule has 2 heteroatoms. The Balaban J connectivity index is 1.98. The van der Waals surface area contributed by atoms with Gasteiger partial charge in [0.2, 0.25) is 0 Å². The molecule has 1 aliphatic rings. The first-order chi connectivity index (χ1) is 17.0. The van der Waals surface area contributed by atoms with Gasteiger partial charge in [-0.05, 0) is 92.2 Å². The molecule has 2 N–H and O–H groups in total. The van der Waals surface area contributed by atoms with Gasteiger partial charge in [-0.2, -0.15) is 0 Å². The Bertz CT molecular complexity index is 962. The Morgan fingerprint density at radius 3 is 2.61 bits per heavy atom. The van der Waals surface area contributed by atoms with Crippen LogP contribution in [-0.2, 0) is 0 Å². The first kappa shape index (κ1) is 29.9. The summed E-state index contributed by atoms with van der Waals surface area (Å²) in [6, 6.07) is 5.11. The second kappa shape index (κ2) is 14.4. The van der Waals surface area contributed by atoms with Gasteiger partial charge in [0.25, 0.3) is 0 Å². The summed E-state index contributed by atoms with van der Waals surface area (Å²) >= 11 is 0. The lowest BCUT2D eigenvalue weighted by atomic mass is 9.89. The van der Waals surface area contributed by atoms with Crippen LogP contribution in [0.2, 0.25) is 0 Å². The van der Waals surface area contributed by atoms with Gasteiger partial charge in [0.15, 0.2) is 0 Å². The maximum absolute atomic E-state index is 4.35. The SMILES string of the molecule is C=C/C(C)=C(\C=C/CNC(=C)c1ccc(C)c(/C=C\C(C)(C)C)c1C)C(C)CCCC1CCCCN1. The van der Waals surface area contributed by atoms with Crippen LogP contribution in [-0.4, -0.2) is 19.1 Å². The van der Waals surface area contributed by atoms with Gasteiger partial charge >= 0.3 is 0 Å². The zero-order valence-electron chi connectivity index (χ0n) is 24.3. The fourth-order valence-electron chi connectivity index (χ4n) is 5.04. The van der Waals surface area contributed by atoms with Crippen LogP contribution < -0.4 is 10.6 Å². The molecule has 0 radical (unpaired) electrons. The number of rotatable bonds is 12. The Kier molecular flexibility index (Phi) is 12.0. The molecule has 1 heterocycles. The Hall–Kier alpha value is -2.32. The van der Waals surface area contributed by atoms with Gasteiger partial charge in [0, 0.05) is 23.8 Å². The van der Waals surface area contributed by atoms with Crippen LogP contribution in [0.15, 0.2) is 60.7 Å². The maximum atomic E-state index is 4.35. The van der Waals surface area contributed by atoms with Gasteiger partial charge in [-0.25, -0.2) is 0 Å². The summed E-state index contributed by atoms with van der Waals surface area (Å²) in [6.07, 6.45) is 18.9. The standard InChI is InChI=1S/C34H52N2/c1-10-25(2)31(26(3)15-13-17-30-16-11-12-23-36-30)18-14-24-35-29(6)33-20-19-27(4)32(28(33)5)21-22-34(7,8)9/h10,14,18-22,26,30,35-36H,1,6,11-13,15-17,23-24H2,2-5,7-9H3/b18-14-,22-21-,31-25+. The van der Waals surface area contributed by atoms with E-state index in [0.29, 0.717) is 5.92 Å². The average Bonchev–Trinajstić information content (AvgIpc) is 2.83. The van der Waals surface area contributed by atoms with Crippen LogP contribution >= 0.6 is 0 Å². The van der Waals surface area contributed by atoms with E-state index >= 15 is 0 Å². The topological polar surface area (TPSA) is 24.1 Å². The minimum atomic E-state index is 0.160. The summed E-state index contributed by atoms with van der Waals surface area (Å²) in [5.74, 6) is 0.530. The number of hydrogen-bond acceptors (Lipinski definition) is 2. The van der Waals surface area contributed by atoms with E-state index in [2.05, 4.69) is 109 Å². The molecule has 1 aromatic rings. The highest BCUT2D eigenvalue weighted by Gasteiger charge is 2.14. The summed E-state index contributed by atoms with van der Waals surface area (Å²) in [5.41, 5.74) is 8.87. The van der Waals surface area contributed by atoms with E-state index in [1.54, 1.807) is 0 Å². The second-order valence-electron chi connectivity index (χ2n) is 11.8. The lowest BCUT2D eigenvalue weighted by molar-refractivity contribution is 0.366. The summed E-state index contributed by atoms with van der Waals surface area (Å²) in [6.45, 7) is 25.9. The quantitative estimate of drug-likeness (QED) is 0.287. The normalized spacial score (nSPS) is 18.4. The van der Waals surface area contributed by atoms with E-state index in [1.165, 1.54) is 78.5 Å². The van der Waals surface area contributed by atoms with Crippen molar-refractivity contribution in [3.8, 4) is 0 Å². The summed E-state index contributed by atoms with van der Waals surface area (Å²) in [4.78, 5) is 0. The lowest BCUT2D eigenvalue weighted by Gasteiger charge is -2.24. The van der Waals surface area contributed by atoms with Crippen LogP contribution in [0.4, 0.5) is 0 Å². The molecule has 1 aliphatic heterocycles. The largest absolute Gasteiger partial charge is 0.382 e. The molecule has 198 valence electrons. The fourth-order valence-corrected chi connectivity index (χ4v) is 5.04. The summed E-state index contributed by atoms with van der Waals surface area (Å²) in [5, 5.41) is 7.22. The molecule has 2 atom stereocenters. The van der Waals surface area contributed by atoms with Crippen molar-refractivity contribution < 1.29 is 0 Å². The summed E-state index contributed by atoms with van der Waals surface area (Å²) < 4.78 is 0. The Morgan fingerprint density at radius 1 is 1.22 bits per heavy atom. The minimum absolute atomic E-state index is 0.160. The van der Waals surface area contributed by atoms with Crippen LogP contribution in [0.5, 0.6) is 0 Å². The van der Waals surface area contributed by atoms with Crippen molar-refractivity contribution in [2.24, 2.45) is 11.3 Å². The minimum Gasteiger partial charge on any atom is -0.382 e. The monoisotopic (exact) mass is 488 g/mol. The molecule has 2 rings (SSSR count). The van der Waals surface area contributed by atoms with Crippen molar-refractivity contribution in [2.45, 2.75) is 93.0 Å². The van der Waals surface area contributed by atoms with Crippen LogP contribution in [0.3, 0.4) is 0 Å². The lowest BCUT2D eigenvalue weighted by Crippen LogP contribution is -2.33. The predicted octanol–water partition coefficient (Wildman–Crippen LogP) is 8.93. The van der Waals surface area contributed by atoms with E-state index in [9.17, 15) is 0 Å². The molecule has 2 nitrogen and oxygen atoms in total.